The summed E-state index contributed by atoms with van der Waals surface area (Å²) in [4.78, 5) is 21.5. The van der Waals surface area contributed by atoms with Crippen LogP contribution in [0.15, 0.2) is 78.9 Å². The van der Waals surface area contributed by atoms with Crippen LogP contribution < -0.4 is 21.3 Å². The molecule has 3 aromatic carbocycles. The number of anilines is 6. The van der Waals surface area contributed by atoms with Crippen molar-refractivity contribution in [3.63, 3.8) is 0 Å². The number of benzene rings is 3. The van der Waals surface area contributed by atoms with Crippen molar-refractivity contribution in [1.29, 1.82) is 0 Å². The zero-order valence-electron chi connectivity index (χ0n) is 21.3. The minimum atomic E-state index is -0.298. The Kier molecular flexibility index (Phi) is 7.20. The van der Waals surface area contributed by atoms with Gasteiger partial charge in [0.1, 0.15) is 5.82 Å². The fraction of sp³-hybridized carbons (Fsp3) is 0.207. The molecule has 0 saturated carbocycles. The number of carbonyl (C=O) groups excluding carboxylic acids is 1. The lowest BCUT2D eigenvalue weighted by Crippen LogP contribution is -2.19. The van der Waals surface area contributed by atoms with Crippen molar-refractivity contribution in [2.24, 2.45) is 0 Å². The van der Waals surface area contributed by atoms with Crippen molar-refractivity contribution in [1.82, 2.24) is 9.97 Å². The quantitative estimate of drug-likeness (QED) is 0.229. The van der Waals surface area contributed by atoms with Crippen molar-refractivity contribution in [2.75, 3.05) is 21.3 Å². The van der Waals surface area contributed by atoms with Crippen LogP contribution in [0.4, 0.5) is 39.3 Å². The summed E-state index contributed by atoms with van der Waals surface area (Å²) >= 11 is 0. The SMILES string of the molecule is Cc1ccc(Nc2cc(C)nc(Nc3ccc(NC(=O)Nc4ccc(C(C)(C)C)cc4)cc3)n2)cc1. The smallest absolute Gasteiger partial charge is 0.323 e. The molecule has 1 aromatic heterocycles. The second-order valence-electron chi connectivity index (χ2n) is 9.82. The largest absolute Gasteiger partial charge is 0.340 e. The molecule has 7 heteroatoms. The zero-order valence-corrected chi connectivity index (χ0v) is 21.3. The van der Waals surface area contributed by atoms with Crippen molar-refractivity contribution < 1.29 is 4.79 Å². The second kappa shape index (κ2) is 10.5. The van der Waals surface area contributed by atoms with Crippen LogP contribution in [0.2, 0.25) is 0 Å². The predicted molar refractivity (Wildman–Crippen MR) is 149 cm³/mol. The normalized spacial score (nSPS) is 11.0. The Bertz CT molecular complexity index is 1320. The van der Waals surface area contributed by atoms with E-state index in [1.807, 2.05) is 85.8 Å². The third-order valence-electron chi connectivity index (χ3n) is 5.59. The third kappa shape index (κ3) is 6.82. The van der Waals surface area contributed by atoms with Gasteiger partial charge in [0.05, 0.1) is 0 Å². The number of hydrogen-bond acceptors (Lipinski definition) is 5. The number of carbonyl (C=O) groups is 1. The molecule has 0 fully saturated rings. The molecule has 7 nitrogen and oxygen atoms in total. The summed E-state index contributed by atoms with van der Waals surface area (Å²) in [6.45, 7) is 10.5. The van der Waals surface area contributed by atoms with E-state index < -0.39 is 0 Å². The fourth-order valence-corrected chi connectivity index (χ4v) is 3.59. The summed E-state index contributed by atoms with van der Waals surface area (Å²) in [6.07, 6.45) is 0. The first-order chi connectivity index (χ1) is 17.1. The number of aryl methyl sites for hydroxylation is 2. The average Bonchev–Trinajstić information content (AvgIpc) is 2.81. The Morgan fingerprint density at radius 2 is 1.17 bits per heavy atom. The summed E-state index contributed by atoms with van der Waals surface area (Å²) in [5, 5.41) is 12.3. The first kappa shape index (κ1) is 24.7. The molecule has 0 aliphatic rings. The Balaban J connectivity index is 1.35. The van der Waals surface area contributed by atoms with Gasteiger partial charge in [-0.2, -0.15) is 4.98 Å². The van der Waals surface area contributed by atoms with Crippen LogP contribution in [0.5, 0.6) is 0 Å². The van der Waals surface area contributed by atoms with Gasteiger partial charge in [0.15, 0.2) is 0 Å². The average molecular weight is 481 g/mol. The standard InChI is InChI=1S/C29H32N6O/c1-19-6-10-22(11-7-19)31-26-18-20(2)30-27(35-26)32-23-14-16-25(17-15-23)34-28(36)33-24-12-8-21(9-13-24)29(3,4)5/h6-18H,1-5H3,(H2,33,34,36)(H2,30,31,32,35). The van der Waals surface area contributed by atoms with Gasteiger partial charge < -0.3 is 21.3 Å². The lowest BCUT2D eigenvalue weighted by Gasteiger charge is -2.19. The minimum absolute atomic E-state index is 0.0687. The molecule has 0 radical (unpaired) electrons. The first-order valence-electron chi connectivity index (χ1n) is 11.9. The Labute approximate surface area is 212 Å². The Morgan fingerprint density at radius 1 is 0.667 bits per heavy atom. The molecule has 0 bridgehead atoms. The minimum Gasteiger partial charge on any atom is -0.340 e. The van der Waals surface area contributed by atoms with E-state index in [4.69, 9.17) is 0 Å². The summed E-state index contributed by atoms with van der Waals surface area (Å²) in [6, 6.07) is 25.0. The van der Waals surface area contributed by atoms with Crippen molar-refractivity contribution in [3.05, 3.63) is 95.7 Å². The topological polar surface area (TPSA) is 91.0 Å². The van der Waals surface area contributed by atoms with Gasteiger partial charge in [-0.05, 0) is 73.4 Å². The number of rotatable bonds is 6. The highest BCUT2D eigenvalue weighted by atomic mass is 16.2. The molecule has 0 unspecified atom stereocenters. The highest BCUT2D eigenvalue weighted by Crippen LogP contribution is 2.24. The van der Waals surface area contributed by atoms with Crippen LogP contribution in [-0.2, 0) is 5.41 Å². The summed E-state index contributed by atoms with van der Waals surface area (Å²) in [7, 11) is 0. The number of nitrogens with one attached hydrogen (secondary N) is 4. The molecule has 0 aliphatic carbocycles. The number of aromatic nitrogens is 2. The van der Waals surface area contributed by atoms with Crippen LogP contribution >= 0.6 is 0 Å². The van der Waals surface area contributed by atoms with Crippen molar-refractivity contribution in [3.8, 4) is 0 Å². The maximum absolute atomic E-state index is 12.4. The van der Waals surface area contributed by atoms with Crippen molar-refractivity contribution in [2.45, 2.75) is 40.0 Å². The van der Waals surface area contributed by atoms with E-state index in [2.05, 4.69) is 58.9 Å². The van der Waals surface area contributed by atoms with Crippen LogP contribution in [0.25, 0.3) is 0 Å². The first-order valence-corrected chi connectivity index (χ1v) is 11.9. The molecule has 2 amide bonds. The van der Waals surface area contributed by atoms with E-state index in [0.717, 1.165) is 22.8 Å². The molecule has 4 rings (SSSR count). The van der Waals surface area contributed by atoms with E-state index >= 15 is 0 Å². The molecule has 0 saturated heterocycles. The Hall–Kier alpha value is -4.39. The third-order valence-corrected chi connectivity index (χ3v) is 5.59. The maximum atomic E-state index is 12.4. The molecule has 36 heavy (non-hydrogen) atoms. The molecule has 0 atom stereocenters. The summed E-state index contributed by atoms with van der Waals surface area (Å²) in [5.41, 5.74) is 6.52. The number of urea groups is 1. The fourth-order valence-electron chi connectivity index (χ4n) is 3.59. The molecule has 4 N–H and O–H groups in total. The molecule has 0 spiro atoms. The highest BCUT2D eigenvalue weighted by Gasteiger charge is 2.13. The van der Waals surface area contributed by atoms with Gasteiger partial charge in [0, 0.05) is 34.5 Å². The lowest BCUT2D eigenvalue weighted by atomic mass is 9.87. The van der Waals surface area contributed by atoms with Crippen LogP contribution in [0.1, 0.15) is 37.6 Å². The molecule has 1 heterocycles. The van der Waals surface area contributed by atoms with E-state index in [1.54, 1.807) is 0 Å². The predicted octanol–water partition coefficient (Wildman–Crippen LogP) is 7.52. The van der Waals surface area contributed by atoms with E-state index in [0.29, 0.717) is 17.5 Å². The van der Waals surface area contributed by atoms with Crippen LogP contribution in [0.3, 0.4) is 0 Å². The van der Waals surface area contributed by atoms with Gasteiger partial charge in [-0.15, -0.1) is 0 Å². The molecule has 184 valence electrons. The van der Waals surface area contributed by atoms with Gasteiger partial charge in [-0.3, -0.25) is 0 Å². The van der Waals surface area contributed by atoms with Crippen LogP contribution in [-0.4, -0.2) is 16.0 Å². The van der Waals surface area contributed by atoms with Crippen LogP contribution in [0, 0.1) is 13.8 Å². The highest BCUT2D eigenvalue weighted by molar-refractivity contribution is 5.99. The number of nitrogens with zero attached hydrogens (tertiary/aromatic N) is 2. The molecular formula is C29H32N6O. The van der Waals surface area contributed by atoms with Gasteiger partial charge in [0.2, 0.25) is 5.95 Å². The van der Waals surface area contributed by atoms with E-state index in [9.17, 15) is 4.79 Å². The van der Waals surface area contributed by atoms with Crippen molar-refractivity contribution >= 4 is 40.5 Å². The van der Waals surface area contributed by atoms with Gasteiger partial charge in [-0.25, -0.2) is 9.78 Å². The number of amides is 2. The molecular weight excluding hydrogens is 448 g/mol. The summed E-state index contributed by atoms with van der Waals surface area (Å²) < 4.78 is 0. The molecule has 4 aromatic rings. The Morgan fingerprint density at radius 3 is 1.75 bits per heavy atom. The van der Waals surface area contributed by atoms with E-state index in [1.165, 1.54) is 11.1 Å². The zero-order chi connectivity index (χ0) is 25.7. The van der Waals surface area contributed by atoms with Gasteiger partial charge >= 0.3 is 6.03 Å². The summed E-state index contributed by atoms with van der Waals surface area (Å²) in [5.74, 6) is 1.20. The second-order valence-corrected chi connectivity index (χ2v) is 9.82. The maximum Gasteiger partial charge on any atom is 0.323 e. The number of hydrogen-bond donors (Lipinski definition) is 4. The van der Waals surface area contributed by atoms with E-state index in [-0.39, 0.29) is 11.4 Å². The molecule has 0 aliphatic heterocycles. The van der Waals surface area contributed by atoms with Gasteiger partial charge in [-0.1, -0.05) is 50.6 Å². The monoisotopic (exact) mass is 480 g/mol. The van der Waals surface area contributed by atoms with Gasteiger partial charge in [0.25, 0.3) is 0 Å². The lowest BCUT2D eigenvalue weighted by molar-refractivity contribution is 0.262.